The molecule has 1 unspecified atom stereocenters. The number of carbonyl (C=O) groups is 1. The molecule has 0 aliphatic heterocycles. The molecule has 200 valence electrons. The summed E-state index contributed by atoms with van der Waals surface area (Å²) in [5.41, 5.74) is 0.555. The summed E-state index contributed by atoms with van der Waals surface area (Å²) in [6.07, 6.45) is 6.13. The predicted octanol–water partition coefficient (Wildman–Crippen LogP) is 5.12. The van der Waals surface area contributed by atoms with Crippen molar-refractivity contribution in [3.05, 3.63) is 11.6 Å². The van der Waals surface area contributed by atoms with Crippen LogP contribution in [0.25, 0.3) is 0 Å². The highest BCUT2D eigenvalue weighted by Gasteiger charge is 2.69. The first-order valence-corrected chi connectivity index (χ1v) is 14.2. The van der Waals surface area contributed by atoms with Crippen LogP contribution in [0.5, 0.6) is 0 Å². The molecule has 3 fully saturated rings. The van der Waals surface area contributed by atoms with Crippen molar-refractivity contribution in [2.24, 2.45) is 52.3 Å². The maximum Gasteiger partial charge on any atom is 0.303 e. The summed E-state index contributed by atoms with van der Waals surface area (Å²) in [6, 6.07) is 0. The molecule has 0 saturated heterocycles. The van der Waals surface area contributed by atoms with Gasteiger partial charge in [-0.3, -0.25) is 4.79 Å². The smallest absolute Gasteiger partial charge is 0.303 e. The Labute approximate surface area is 212 Å². The lowest BCUT2D eigenvalue weighted by Crippen LogP contribution is -2.65. The minimum atomic E-state index is -0.812. The van der Waals surface area contributed by atoms with Gasteiger partial charge in [0.1, 0.15) is 6.10 Å². The Balaban J connectivity index is 1.70. The molecule has 0 heterocycles. The quantitative estimate of drug-likeness (QED) is 0.355. The molecule has 0 amide bonds. The van der Waals surface area contributed by atoms with Gasteiger partial charge in [0.15, 0.2) is 0 Å². The van der Waals surface area contributed by atoms with Crippen molar-refractivity contribution in [2.75, 3.05) is 0 Å². The molecule has 0 spiro atoms. The van der Waals surface area contributed by atoms with Crippen molar-refractivity contribution < 1.29 is 24.9 Å². The number of fused-ring (bicyclic) bond motifs is 5. The molecular weight excluding hydrogens is 440 g/mol. The van der Waals surface area contributed by atoms with Crippen LogP contribution < -0.4 is 0 Å². The molecule has 0 radical (unpaired) electrons. The normalized spacial score (nSPS) is 46.8. The first-order valence-electron chi connectivity index (χ1n) is 14.2. The average Bonchev–Trinajstić information content (AvgIpc) is 3.06. The average molecular weight is 491 g/mol. The summed E-state index contributed by atoms with van der Waals surface area (Å²) >= 11 is 0. The lowest BCUT2D eigenvalue weighted by Gasteiger charge is -2.62. The highest BCUT2D eigenvalue weighted by Crippen LogP contribution is 2.67. The lowest BCUT2D eigenvalue weighted by atomic mass is 9.45. The van der Waals surface area contributed by atoms with E-state index in [2.05, 4.69) is 47.6 Å². The number of aliphatic hydroxyl groups excluding tert-OH is 3. The highest BCUT2D eigenvalue weighted by molar-refractivity contribution is 5.66. The number of allylic oxidation sites excluding steroid dienone is 1. The molecule has 0 aromatic heterocycles. The summed E-state index contributed by atoms with van der Waals surface area (Å²) in [5, 5.41) is 33.9. The van der Waals surface area contributed by atoms with Gasteiger partial charge in [0.05, 0.1) is 18.3 Å². The fourth-order valence-electron chi connectivity index (χ4n) is 9.12. The molecule has 3 N–H and O–H groups in total. The van der Waals surface area contributed by atoms with Gasteiger partial charge in [0.2, 0.25) is 0 Å². The van der Waals surface area contributed by atoms with Gasteiger partial charge in [-0.25, -0.2) is 0 Å². The molecule has 12 atom stereocenters. The fraction of sp³-hybridized carbons (Fsp3) is 0.900. The molecule has 0 bridgehead atoms. The van der Waals surface area contributed by atoms with Gasteiger partial charge in [-0.05, 0) is 73.0 Å². The Bertz CT molecular complexity index is 822. The summed E-state index contributed by atoms with van der Waals surface area (Å²) in [5.74, 6) is 1.60. The number of ether oxygens (including phenoxy) is 1. The van der Waals surface area contributed by atoms with E-state index in [9.17, 15) is 20.1 Å². The van der Waals surface area contributed by atoms with E-state index < -0.39 is 23.7 Å². The Morgan fingerprint density at radius 1 is 1.14 bits per heavy atom. The second kappa shape index (κ2) is 9.76. The van der Waals surface area contributed by atoms with Gasteiger partial charge in [-0.15, -0.1) is 0 Å². The minimum absolute atomic E-state index is 0.00851. The van der Waals surface area contributed by atoms with Crippen LogP contribution in [0.15, 0.2) is 11.6 Å². The number of aliphatic hydroxyl groups is 3. The zero-order valence-corrected chi connectivity index (χ0v) is 23.0. The molecule has 4 rings (SSSR count). The maximum atomic E-state index is 12.3. The fourth-order valence-corrected chi connectivity index (χ4v) is 9.12. The van der Waals surface area contributed by atoms with Gasteiger partial charge in [-0.2, -0.15) is 0 Å². The Morgan fingerprint density at radius 2 is 1.83 bits per heavy atom. The third-order valence-corrected chi connectivity index (χ3v) is 11.4. The van der Waals surface area contributed by atoms with Crippen LogP contribution in [0.4, 0.5) is 0 Å². The summed E-state index contributed by atoms with van der Waals surface area (Å²) in [7, 11) is 0. The summed E-state index contributed by atoms with van der Waals surface area (Å²) in [4.78, 5) is 12.3. The van der Waals surface area contributed by atoms with E-state index in [1.165, 1.54) is 12.5 Å². The molecule has 3 saturated carbocycles. The first-order chi connectivity index (χ1) is 16.3. The largest absolute Gasteiger partial charge is 0.459 e. The molecular formula is C30H50O5. The molecule has 4 aliphatic rings. The molecule has 4 aliphatic carbocycles. The van der Waals surface area contributed by atoms with Gasteiger partial charge in [-0.1, -0.05) is 66.0 Å². The van der Waals surface area contributed by atoms with Crippen molar-refractivity contribution >= 4 is 5.97 Å². The molecule has 35 heavy (non-hydrogen) atoms. The minimum Gasteiger partial charge on any atom is -0.459 e. The maximum absolute atomic E-state index is 12.3. The topological polar surface area (TPSA) is 87.0 Å². The van der Waals surface area contributed by atoms with Crippen LogP contribution in [0.2, 0.25) is 0 Å². The molecule has 5 nitrogen and oxygen atoms in total. The first kappa shape index (κ1) is 27.1. The Morgan fingerprint density at radius 3 is 2.46 bits per heavy atom. The van der Waals surface area contributed by atoms with Gasteiger partial charge in [0.25, 0.3) is 0 Å². The number of carbonyl (C=O) groups excluding carboxylic acids is 1. The second-order valence-corrected chi connectivity index (χ2v) is 13.6. The van der Waals surface area contributed by atoms with Gasteiger partial charge < -0.3 is 20.1 Å². The van der Waals surface area contributed by atoms with E-state index >= 15 is 0 Å². The predicted molar refractivity (Wildman–Crippen MR) is 137 cm³/mol. The summed E-state index contributed by atoms with van der Waals surface area (Å²) < 4.78 is 6.02. The number of rotatable bonds is 6. The second-order valence-electron chi connectivity index (χ2n) is 13.6. The van der Waals surface area contributed by atoms with E-state index in [-0.39, 0.29) is 47.1 Å². The Kier molecular flexibility index (Phi) is 7.57. The van der Waals surface area contributed by atoms with Crippen molar-refractivity contribution in [2.45, 2.75) is 118 Å². The SMILES string of the molecule is CC(=O)O[C@@H]1[C@H]2[C@@H](CC=C3C[C@@H](O)CC[C@@]32C)[C@@H]2CC(O)[C@H]([C@H](C)CC[C@H](C)C(C)C)[C@@]2(C)[C@@H]1O. The van der Waals surface area contributed by atoms with Crippen LogP contribution >= 0.6 is 0 Å². The van der Waals surface area contributed by atoms with E-state index in [4.69, 9.17) is 4.74 Å². The van der Waals surface area contributed by atoms with Gasteiger partial charge in [0, 0.05) is 18.3 Å². The monoisotopic (exact) mass is 490 g/mol. The van der Waals surface area contributed by atoms with Crippen molar-refractivity contribution in [3.8, 4) is 0 Å². The lowest BCUT2D eigenvalue weighted by molar-refractivity contribution is -0.220. The van der Waals surface area contributed by atoms with E-state index in [0.717, 1.165) is 32.1 Å². The highest BCUT2D eigenvalue weighted by atomic mass is 16.6. The van der Waals surface area contributed by atoms with Crippen LogP contribution in [0.3, 0.4) is 0 Å². The van der Waals surface area contributed by atoms with E-state index in [1.54, 1.807) is 0 Å². The van der Waals surface area contributed by atoms with E-state index in [1.807, 2.05) is 0 Å². The van der Waals surface area contributed by atoms with Crippen LogP contribution in [0.1, 0.15) is 93.4 Å². The number of hydrogen-bond acceptors (Lipinski definition) is 5. The zero-order chi connectivity index (χ0) is 25.9. The van der Waals surface area contributed by atoms with E-state index in [0.29, 0.717) is 24.7 Å². The number of esters is 1. The van der Waals surface area contributed by atoms with Crippen molar-refractivity contribution in [3.63, 3.8) is 0 Å². The number of hydrogen-bond donors (Lipinski definition) is 3. The zero-order valence-electron chi connectivity index (χ0n) is 23.0. The van der Waals surface area contributed by atoms with Crippen molar-refractivity contribution in [1.82, 2.24) is 0 Å². The van der Waals surface area contributed by atoms with Crippen molar-refractivity contribution in [1.29, 1.82) is 0 Å². The van der Waals surface area contributed by atoms with Crippen LogP contribution in [0, 0.1) is 52.3 Å². The van der Waals surface area contributed by atoms with Crippen LogP contribution in [-0.2, 0) is 9.53 Å². The Hall–Kier alpha value is -0.910. The molecule has 0 aromatic carbocycles. The van der Waals surface area contributed by atoms with Gasteiger partial charge >= 0.3 is 5.97 Å². The molecule has 5 heteroatoms. The van der Waals surface area contributed by atoms with Crippen LogP contribution in [-0.4, -0.2) is 45.7 Å². The standard InChI is InChI=1S/C30H50O5/c1-16(2)17(3)8-9-18(4)25-24(33)15-23-22-11-10-20-14-21(32)12-13-29(20,6)26(22)27(35-19(5)31)28(34)30(23,25)7/h10,16-18,21-28,32-34H,8-9,11-15H2,1-7H3/t17-,18+,21-,22-,23-,24?,25-,26+,27+,28+,29-,30-/m0/s1. The molecule has 0 aromatic rings. The third-order valence-electron chi connectivity index (χ3n) is 11.4. The summed E-state index contributed by atoms with van der Waals surface area (Å²) in [6.45, 7) is 15.0. The third kappa shape index (κ3) is 4.42.